The zero-order chi connectivity index (χ0) is 22.4. The van der Waals surface area contributed by atoms with Crippen molar-refractivity contribution in [3.63, 3.8) is 0 Å². The molecule has 0 saturated heterocycles. The molecule has 3 aromatic rings. The van der Waals surface area contributed by atoms with Gasteiger partial charge in [-0.25, -0.2) is 13.1 Å². The number of rotatable bonds is 9. The van der Waals surface area contributed by atoms with E-state index in [0.29, 0.717) is 11.0 Å². The van der Waals surface area contributed by atoms with Gasteiger partial charge in [-0.1, -0.05) is 67.1 Å². The fourth-order valence-electron chi connectivity index (χ4n) is 2.96. The minimum Gasteiger partial charge on any atom is -0.296 e. The van der Waals surface area contributed by atoms with Crippen LogP contribution in [0.5, 0.6) is 0 Å². The van der Waals surface area contributed by atoms with Crippen LogP contribution in [0.25, 0.3) is 0 Å². The summed E-state index contributed by atoms with van der Waals surface area (Å²) in [7, 11) is -3.92. The van der Waals surface area contributed by atoms with Gasteiger partial charge in [-0.2, -0.15) is 0 Å². The van der Waals surface area contributed by atoms with E-state index in [1.807, 2.05) is 30.3 Å². The van der Waals surface area contributed by atoms with Crippen LogP contribution in [-0.2, 0) is 16.6 Å². The summed E-state index contributed by atoms with van der Waals surface area (Å²) in [6, 6.07) is 13.2. The second-order valence-corrected chi connectivity index (χ2v) is 10.0. The van der Waals surface area contributed by atoms with E-state index in [-0.39, 0.29) is 22.0 Å². The lowest BCUT2D eigenvalue weighted by Gasteiger charge is -2.10. The van der Waals surface area contributed by atoms with Gasteiger partial charge in [0.25, 0.3) is 5.91 Å². The van der Waals surface area contributed by atoms with Gasteiger partial charge in [-0.05, 0) is 36.6 Å². The van der Waals surface area contributed by atoms with Crippen molar-refractivity contribution >= 4 is 44.0 Å². The quantitative estimate of drug-likeness (QED) is 0.459. The van der Waals surface area contributed by atoms with Crippen LogP contribution in [0.15, 0.2) is 53.4 Å². The van der Waals surface area contributed by atoms with Crippen molar-refractivity contribution in [3.05, 3.63) is 69.7 Å². The van der Waals surface area contributed by atoms with Crippen molar-refractivity contribution in [1.29, 1.82) is 0 Å². The van der Waals surface area contributed by atoms with Gasteiger partial charge in [0.15, 0.2) is 0 Å². The maximum Gasteiger partial charge on any atom is 0.257 e. The zero-order valence-electron chi connectivity index (χ0n) is 17.1. The molecule has 164 valence electrons. The summed E-state index contributed by atoms with van der Waals surface area (Å²) in [5, 5.41) is 12.1. The molecule has 2 aromatic carbocycles. The molecular formula is C21H23ClN4O3S2. The third kappa shape index (κ3) is 5.88. The topological polar surface area (TPSA) is 101 Å². The Hall–Kier alpha value is -2.33. The first-order valence-corrected chi connectivity index (χ1v) is 12.5. The van der Waals surface area contributed by atoms with Gasteiger partial charge >= 0.3 is 0 Å². The maximum absolute atomic E-state index is 12.8. The highest BCUT2D eigenvalue weighted by Crippen LogP contribution is 2.29. The van der Waals surface area contributed by atoms with Crippen molar-refractivity contribution in [2.75, 3.05) is 5.32 Å². The van der Waals surface area contributed by atoms with Crippen LogP contribution < -0.4 is 10.0 Å². The van der Waals surface area contributed by atoms with Crippen LogP contribution in [-0.4, -0.2) is 24.5 Å². The molecule has 0 atom stereocenters. The number of sulfonamides is 1. The van der Waals surface area contributed by atoms with Gasteiger partial charge < -0.3 is 0 Å². The molecule has 0 aliphatic carbocycles. The van der Waals surface area contributed by atoms with Crippen molar-refractivity contribution in [2.24, 2.45) is 0 Å². The number of aromatic nitrogens is 2. The highest BCUT2D eigenvalue weighted by molar-refractivity contribution is 7.89. The number of halogens is 1. The summed E-state index contributed by atoms with van der Waals surface area (Å²) in [6.07, 6.45) is 1.88. The number of carbonyl (C=O) groups is 1. The summed E-state index contributed by atoms with van der Waals surface area (Å²) in [5.41, 5.74) is 0.962. The molecule has 2 N–H and O–H groups in total. The molecule has 1 heterocycles. The second kappa shape index (κ2) is 10.3. The molecule has 3 rings (SSSR count). The van der Waals surface area contributed by atoms with Crippen LogP contribution in [0.3, 0.4) is 0 Å². The molecule has 0 aliphatic heterocycles. The smallest absolute Gasteiger partial charge is 0.257 e. The Bertz CT molecular complexity index is 1150. The van der Waals surface area contributed by atoms with E-state index in [1.54, 1.807) is 0 Å². The lowest BCUT2D eigenvalue weighted by atomic mass is 10.1. The van der Waals surface area contributed by atoms with E-state index in [4.69, 9.17) is 11.6 Å². The summed E-state index contributed by atoms with van der Waals surface area (Å²) in [6.45, 7) is 4.27. The highest BCUT2D eigenvalue weighted by Gasteiger charge is 2.21. The number of benzene rings is 2. The van der Waals surface area contributed by atoms with E-state index in [2.05, 4.69) is 34.1 Å². The number of nitrogens with one attached hydrogen (secondary N) is 2. The second-order valence-electron chi connectivity index (χ2n) is 6.87. The monoisotopic (exact) mass is 478 g/mol. The van der Waals surface area contributed by atoms with Gasteiger partial charge in [-0.3, -0.25) is 10.1 Å². The van der Waals surface area contributed by atoms with Gasteiger partial charge in [0.1, 0.15) is 9.90 Å². The van der Waals surface area contributed by atoms with Gasteiger partial charge in [0, 0.05) is 18.0 Å². The minimum atomic E-state index is -3.92. The molecule has 0 saturated carbocycles. The maximum atomic E-state index is 12.8. The molecule has 10 heteroatoms. The molecule has 0 spiro atoms. The van der Waals surface area contributed by atoms with Crippen molar-refractivity contribution in [3.8, 4) is 0 Å². The molecule has 1 amide bonds. The largest absolute Gasteiger partial charge is 0.296 e. The molecular weight excluding hydrogens is 456 g/mol. The standard InChI is InChI=1S/C21H23ClN4O3S2/c1-3-15(4-2)20-25-26-21(30-20)24-19(27)16-10-11-17(22)18(12-16)31(28,29)23-13-14-8-6-5-7-9-14/h5-12,15,23H,3-4,13H2,1-2H3,(H,24,26,27). The lowest BCUT2D eigenvalue weighted by molar-refractivity contribution is 0.102. The minimum absolute atomic E-state index is 0.0315. The number of anilines is 1. The number of nitrogens with zero attached hydrogens (tertiary/aromatic N) is 2. The molecule has 0 bridgehead atoms. The van der Waals surface area contributed by atoms with E-state index >= 15 is 0 Å². The lowest BCUT2D eigenvalue weighted by Crippen LogP contribution is -2.24. The molecule has 0 radical (unpaired) electrons. The van der Waals surface area contributed by atoms with E-state index < -0.39 is 15.9 Å². The molecule has 1 aromatic heterocycles. The average Bonchev–Trinajstić information content (AvgIpc) is 3.22. The first-order valence-electron chi connectivity index (χ1n) is 9.82. The van der Waals surface area contributed by atoms with Crippen LogP contribution in [0, 0.1) is 0 Å². The zero-order valence-corrected chi connectivity index (χ0v) is 19.5. The molecule has 0 aliphatic rings. The Labute approximate surface area is 190 Å². The summed E-state index contributed by atoms with van der Waals surface area (Å²) >= 11 is 7.45. The van der Waals surface area contributed by atoms with Gasteiger partial charge in [-0.15, -0.1) is 10.2 Å². The number of carbonyl (C=O) groups excluding carboxylic acids is 1. The Morgan fingerprint density at radius 2 is 1.81 bits per heavy atom. The molecule has 31 heavy (non-hydrogen) atoms. The van der Waals surface area contributed by atoms with Crippen molar-refractivity contribution in [1.82, 2.24) is 14.9 Å². The van der Waals surface area contributed by atoms with Crippen molar-refractivity contribution in [2.45, 2.75) is 44.0 Å². The van der Waals surface area contributed by atoms with Crippen LogP contribution >= 0.6 is 22.9 Å². The summed E-state index contributed by atoms with van der Waals surface area (Å²) in [4.78, 5) is 12.5. The Balaban J connectivity index is 1.76. The van der Waals surface area contributed by atoms with E-state index in [1.165, 1.54) is 29.5 Å². The average molecular weight is 479 g/mol. The Kier molecular flexibility index (Phi) is 7.77. The number of hydrogen-bond acceptors (Lipinski definition) is 6. The first-order chi connectivity index (χ1) is 14.8. The van der Waals surface area contributed by atoms with Crippen LogP contribution in [0.2, 0.25) is 5.02 Å². The number of hydrogen-bond donors (Lipinski definition) is 2. The predicted octanol–water partition coefficient (Wildman–Crippen LogP) is 4.83. The fraction of sp³-hybridized carbons (Fsp3) is 0.286. The summed E-state index contributed by atoms with van der Waals surface area (Å²) in [5.74, 6) is -0.186. The fourth-order valence-corrected chi connectivity index (χ4v) is 5.51. The first kappa shape index (κ1) is 23.3. The third-order valence-corrected chi connectivity index (χ3v) is 7.67. The summed E-state index contributed by atoms with van der Waals surface area (Å²) < 4.78 is 28.0. The van der Waals surface area contributed by atoms with Gasteiger partial charge in [0.05, 0.1) is 5.02 Å². The normalized spacial score (nSPS) is 11.6. The Morgan fingerprint density at radius 1 is 1.10 bits per heavy atom. The molecule has 7 nitrogen and oxygen atoms in total. The number of amides is 1. The SMILES string of the molecule is CCC(CC)c1nnc(NC(=O)c2ccc(Cl)c(S(=O)(=O)NCc3ccccc3)c2)s1. The van der Waals surface area contributed by atoms with Crippen molar-refractivity contribution < 1.29 is 13.2 Å². The van der Waals surface area contributed by atoms with E-state index in [9.17, 15) is 13.2 Å². The molecule has 0 fully saturated rings. The third-order valence-electron chi connectivity index (χ3n) is 4.79. The van der Waals surface area contributed by atoms with Crippen LogP contribution in [0.4, 0.5) is 5.13 Å². The highest BCUT2D eigenvalue weighted by atomic mass is 35.5. The van der Waals surface area contributed by atoms with Gasteiger partial charge in [0.2, 0.25) is 15.2 Å². The van der Waals surface area contributed by atoms with E-state index in [0.717, 1.165) is 23.4 Å². The molecule has 0 unspecified atom stereocenters. The predicted molar refractivity (Wildman–Crippen MR) is 123 cm³/mol. The van der Waals surface area contributed by atoms with Crippen LogP contribution in [0.1, 0.15) is 53.5 Å². The Morgan fingerprint density at radius 3 is 2.48 bits per heavy atom.